The number of benzene rings is 7. The number of nitrogens with zero attached hydrogens (tertiary/aromatic N) is 1. The lowest BCUT2D eigenvalue weighted by Crippen LogP contribution is -1.96. The molecular formula is C40H26BrN. The lowest BCUT2D eigenvalue weighted by molar-refractivity contribution is 1.18. The van der Waals surface area contributed by atoms with Crippen molar-refractivity contribution in [3.63, 3.8) is 0 Å². The summed E-state index contributed by atoms with van der Waals surface area (Å²) in [6, 6.07) is 57.1. The van der Waals surface area contributed by atoms with Crippen molar-refractivity contribution in [1.29, 1.82) is 0 Å². The van der Waals surface area contributed by atoms with Gasteiger partial charge in [0.1, 0.15) is 0 Å². The monoisotopic (exact) mass is 599 g/mol. The molecule has 0 amide bonds. The molecule has 2 heteroatoms. The van der Waals surface area contributed by atoms with Gasteiger partial charge in [0.05, 0.1) is 11.0 Å². The normalized spacial score (nSPS) is 11.5. The first kappa shape index (κ1) is 24.8. The lowest BCUT2D eigenvalue weighted by Gasteiger charge is -2.15. The topological polar surface area (TPSA) is 4.93 Å². The minimum atomic E-state index is 1.08. The molecule has 0 fully saturated rings. The fourth-order valence-corrected chi connectivity index (χ4v) is 6.54. The molecule has 198 valence electrons. The van der Waals surface area contributed by atoms with Gasteiger partial charge in [0.15, 0.2) is 0 Å². The van der Waals surface area contributed by atoms with Gasteiger partial charge in [0, 0.05) is 20.9 Å². The van der Waals surface area contributed by atoms with Crippen LogP contribution < -0.4 is 0 Å². The van der Waals surface area contributed by atoms with Crippen LogP contribution in [0.1, 0.15) is 0 Å². The number of para-hydroxylation sites is 1. The zero-order valence-electron chi connectivity index (χ0n) is 22.8. The molecule has 0 aliphatic heterocycles. The van der Waals surface area contributed by atoms with Gasteiger partial charge in [-0.1, -0.05) is 119 Å². The van der Waals surface area contributed by atoms with E-state index in [0.717, 1.165) is 10.2 Å². The molecule has 0 bridgehead atoms. The van der Waals surface area contributed by atoms with Gasteiger partial charge in [-0.3, -0.25) is 0 Å². The van der Waals surface area contributed by atoms with Crippen molar-refractivity contribution < 1.29 is 0 Å². The summed E-state index contributed by atoms with van der Waals surface area (Å²) in [6.45, 7) is 0. The van der Waals surface area contributed by atoms with Gasteiger partial charge in [0.2, 0.25) is 0 Å². The summed E-state index contributed by atoms with van der Waals surface area (Å²) in [7, 11) is 0. The first-order valence-electron chi connectivity index (χ1n) is 14.2. The molecular weight excluding hydrogens is 574 g/mol. The summed E-state index contributed by atoms with van der Waals surface area (Å²) < 4.78 is 3.49. The Labute approximate surface area is 253 Å². The highest BCUT2D eigenvalue weighted by Gasteiger charge is 2.15. The highest BCUT2D eigenvalue weighted by molar-refractivity contribution is 9.10. The summed E-state index contributed by atoms with van der Waals surface area (Å²) in [4.78, 5) is 0. The van der Waals surface area contributed by atoms with E-state index >= 15 is 0 Å². The Balaban J connectivity index is 1.40. The maximum Gasteiger partial charge on any atom is 0.0541 e. The van der Waals surface area contributed by atoms with E-state index in [2.05, 4.69) is 178 Å². The quantitative estimate of drug-likeness (QED) is 0.189. The average molecular weight is 601 g/mol. The van der Waals surface area contributed by atoms with Gasteiger partial charge in [-0.25, -0.2) is 0 Å². The zero-order valence-corrected chi connectivity index (χ0v) is 24.4. The highest BCUT2D eigenvalue weighted by atomic mass is 79.9. The summed E-state index contributed by atoms with van der Waals surface area (Å²) in [5.41, 5.74) is 10.8. The Morgan fingerprint density at radius 1 is 0.357 bits per heavy atom. The standard InChI is InChI=1S/C40H26BrN/c41-35-19-20-40-38(26-35)37-15-6-7-16-39(37)42(40)36-24-33(31-14-8-13-30(21-31)27-9-2-1-3-10-27)23-34(25-36)32-18-17-28-11-4-5-12-29(28)22-32/h1-26H. The van der Waals surface area contributed by atoms with E-state index < -0.39 is 0 Å². The van der Waals surface area contributed by atoms with Crippen LogP contribution in [-0.4, -0.2) is 4.57 Å². The minimum Gasteiger partial charge on any atom is -0.309 e. The average Bonchev–Trinajstić information content (AvgIpc) is 3.38. The van der Waals surface area contributed by atoms with Gasteiger partial charge in [-0.15, -0.1) is 0 Å². The van der Waals surface area contributed by atoms with E-state index in [9.17, 15) is 0 Å². The Kier molecular flexibility index (Phi) is 6.01. The van der Waals surface area contributed by atoms with Gasteiger partial charge >= 0.3 is 0 Å². The molecule has 1 nitrogen and oxygen atoms in total. The predicted octanol–water partition coefficient (Wildman–Crippen LogP) is 11.7. The minimum absolute atomic E-state index is 1.08. The first-order chi connectivity index (χ1) is 20.7. The van der Waals surface area contributed by atoms with Crippen LogP contribution in [0.5, 0.6) is 0 Å². The van der Waals surface area contributed by atoms with E-state index in [4.69, 9.17) is 0 Å². The fraction of sp³-hybridized carbons (Fsp3) is 0. The fourth-order valence-electron chi connectivity index (χ4n) is 6.17. The van der Waals surface area contributed by atoms with Crippen LogP contribution in [0.15, 0.2) is 162 Å². The number of halogens is 1. The van der Waals surface area contributed by atoms with Crippen molar-refractivity contribution in [2.75, 3.05) is 0 Å². The molecule has 0 saturated carbocycles. The third kappa shape index (κ3) is 4.32. The second-order valence-corrected chi connectivity index (χ2v) is 11.7. The van der Waals surface area contributed by atoms with Crippen molar-refractivity contribution >= 4 is 48.5 Å². The van der Waals surface area contributed by atoms with Gasteiger partial charge in [-0.2, -0.15) is 0 Å². The highest BCUT2D eigenvalue weighted by Crippen LogP contribution is 2.38. The summed E-state index contributed by atoms with van der Waals surface area (Å²) in [5, 5.41) is 4.98. The number of rotatable bonds is 4. The van der Waals surface area contributed by atoms with Crippen molar-refractivity contribution in [3.05, 3.63) is 162 Å². The van der Waals surface area contributed by atoms with Crippen LogP contribution in [0, 0.1) is 0 Å². The third-order valence-corrected chi connectivity index (χ3v) is 8.69. The molecule has 8 aromatic rings. The maximum atomic E-state index is 3.70. The summed E-state index contributed by atoms with van der Waals surface area (Å²) in [5.74, 6) is 0. The summed E-state index contributed by atoms with van der Waals surface area (Å²) >= 11 is 3.70. The van der Waals surface area contributed by atoms with Crippen LogP contribution in [-0.2, 0) is 0 Å². The number of fused-ring (bicyclic) bond motifs is 4. The number of hydrogen-bond acceptors (Lipinski definition) is 0. The molecule has 0 unspecified atom stereocenters. The van der Waals surface area contributed by atoms with Crippen LogP contribution in [0.2, 0.25) is 0 Å². The van der Waals surface area contributed by atoms with E-state index in [1.165, 1.54) is 66.0 Å². The first-order valence-corrected chi connectivity index (χ1v) is 15.0. The molecule has 0 saturated heterocycles. The number of hydrogen-bond donors (Lipinski definition) is 0. The largest absolute Gasteiger partial charge is 0.309 e. The van der Waals surface area contributed by atoms with Crippen molar-refractivity contribution in [2.45, 2.75) is 0 Å². The summed E-state index contributed by atoms with van der Waals surface area (Å²) in [6.07, 6.45) is 0. The molecule has 0 N–H and O–H groups in total. The number of aromatic nitrogens is 1. The van der Waals surface area contributed by atoms with Crippen molar-refractivity contribution in [1.82, 2.24) is 4.57 Å². The van der Waals surface area contributed by atoms with E-state index in [-0.39, 0.29) is 0 Å². The third-order valence-electron chi connectivity index (χ3n) is 8.20. The Morgan fingerprint density at radius 3 is 1.81 bits per heavy atom. The molecule has 8 rings (SSSR count). The Morgan fingerprint density at radius 2 is 0.976 bits per heavy atom. The molecule has 0 spiro atoms. The van der Waals surface area contributed by atoms with Crippen LogP contribution in [0.25, 0.3) is 71.6 Å². The second kappa shape index (κ2) is 10.2. The lowest BCUT2D eigenvalue weighted by atomic mass is 9.94. The van der Waals surface area contributed by atoms with E-state index in [1.807, 2.05) is 0 Å². The smallest absolute Gasteiger partial charge is 0.0541 e. The molecule has 0 atom stereocenters. The van der Waals surface area contributed by atoms with Crippen molar-refractivity contribution in [2.24, 2.45) is 0 Å². The van der Waals surface area contributed by atoms with Crippen LogP contribution in [0.4, 0.5) is 0 Å². The SMILES string of the molecule is Brc1ccc2c(c1)c1ccccc1n2-c1cc(-c2cccc(-c3ccccc3)c2)cc(-c2ccc3ccccc3c2)c1. The van der Waals surface area contributed by atoms with Gasteiger partial charge in [-0.05, 0) is 98.8 Å². The van der Waals surface area contributed by atoms with Crippen molar-refractivity contribution in [3.8, 4) is 39.1 Å². The Bertz CT molecular complexity index is 2260. The van der Waals surface area contributed by atoms with E-state index in [1.54, 1.807) is 0 Å². The maximum absolute atomic E-state index is 3.70. The zero-order chi connectivity index (χ0) is 28.0. The molecule has 0 radical (unpaired) electrons. The Hall–Kier alpha value is -4.92. The van der Waals surface area contributed by atoms with Crippen LogP contribution in [0.3, 0.4) is 0 Å². The molecule has 7 aromatic carbocycles. The molecule has 1 heterocycles. The molecule has 0 aliphatic rings. The molecule has 42 heavy (non-hydrogen) atoms. The molecule has 1 aromatic heterocycles. The second-order valence-electron chi connectivity index (χ2n) is 10.8. The van der Waals surface area contributed by atoms with Gasteiger partial charge < -0.3 is 4.57 Å². The van der Waals surface area contributed by atoms with Crippen LogP contribution >= 0.6 is 15.9 Å². The van der Waals surface area contributed by atoms with Gasteiger partial charge in [0.25, 0.3) is 0 Å². The molecule has 0 aliphatic carbocycles. The van der Waals surface area contributed by atoms with E-state index in [0.29, 0.717) is 0 Å². The predicted molar refractivity (Wildman–Crippen MR) is 182 cm³/mol.